The van der Waals surface area contributed by atoms with Crippen LogP contribution in [0.5, 0.6) is 5.75 Å². The van der Waals surface area contributed by atoms with Crippen molar-refractivity contribution in [1.29, 1.82) is 0 Å². The number of halogens is 2. The van der Waals surface area contributed by atoms with E-state index in [0.717, 1.165) is 62.6 Å². The summed E-state index contributed by atoms with van der Waals surface area (Å²) >= 11 is 6.02. The van der Waals surface area contributed by atoms with Crippen LogP contribution in [-0.2, 0) is 19.1 Å². The number of piperazine rings is 1. The summed E-state index contributed by atoms with van der Waals surface area (Å²) in [7, 11) is 0. The zero-order valence-electron chi connectivity index (χ0n) is 36.2. The molecular weight excluding hydrogens is 857 g/mol. The molecule has 4 aromatic rings. The highest BCUT2D eigenvalue weighted by Crippen LogP contribution is 2.36. The summed E-state index contributed by atoms with van der Waals surface area (Å²) < 4.78 is 25.7. The fraction of sp³-hybridized carbons (Fsp3) is 0.426. The van der Waals surface area contributed by atoms with Crippen LogP contribution in [0.1, 0.15) is 66.7 Å². The molecule has 3 aromatic carbocycles. The number of ether oxygens (including phenoxy) is 2. The van der Waals surface area contributed by atoms with Crippen LogP contribution in [0.4, 0.5) is 27.3 Å². The molecule has 3 unspecified atom stereocenters. The Morgan fingerprint density at radius 2 is 1.74 bits per heavy atom. The van der Waals surface area contributed by atoms with Crippen LogP contribution < -0.4 is 25.6 Å². The largest absolute Gasteiger partial charge is 0.486 e. The van der Waals surface area contributed by atoms with Gasteiger partial charge in [-0.3, -0.25) is 44.0 Å². The van der Waals surface area contributed by atoms with Crippen molar-refractivity contribution in [2.24, 2.45) is 5.92 Å². The molecule has 340 valence electrons. The van der Waals surface area contributed by atoms with Gasteiger partial charge in [0.1, 0.15) is 35.9 Å². The van der Waals surface area contributed by atoms with E-state index in [2.05, 4.69) is 54.5 Å². The molecule has 0 spiro atoms. The van der Waals surface area contributed by atoms with Crippen molar-refractivity contribution >= 4 is 74.9 Å². The molecule has 18 heteroatoms. The third-order valence-corrected chi connectivity index (χ3v) is 13.2. The highest BCUT2D eigenvalue weighted by molar-refractivity contribution is 6.31. The van der Waals surface area contributed by atoms with Crippen LogP contribution in [0.2, 0.25) is 5.02 Å². The number of likely N-dealkylation sites (tertiary alicyclic amines) is 1. The summed E-state index contributed by atoms with van der Waals surface area (Å²) in [5.74, 6) is -1.42. The highest BCUT2D eigenvalue weighted by Gasteiger charge is 2.45. The molecule has 5 aliphatic heterocycles. The fourth-order valence-electron chi connectivity index (χ4n) is 9.78. The molecule has 5 amide bonds. The fourth-order valence-corrected chi connectivity index (χ4v) is 9.97. The maximum atomic E-state index is 13.8. The molecule has 0 bridgehead atoms. The number of aromatic nitrogens is 2. The van der Waals surface area contributed by atoms with Gasteiger partial charge in [-0.25, -0.2) is 14.4 Å². The van der Waals surface area contributed by atoms with Gasteiger partial charge in [0, 0.05) is 80.0 Å². The number of benzene rings is 3. The maximum Gasteiger partial charge on any atom is 0.262 e. The molecule has 3 N–H and O–H groups in total. The van der Waals surface area contributed by atoms with E-state index in [1.54, 1.807) is 36.4 Å². The van der Waals surface area contributed by atoms with Gasteiger partial charge < -0.3 is 25.0 Å². The lowest BCUT2D eigenvalue weighted by molar-refractivity contribution is -0.136. The predicted octanol–water partition coefficient (Wildman–Crippen LogP) is 5.54. The number of rotatable bonds is 12. The SMILES string of the molecule is CC1CN(CC2CCN(C/C=C/C(=O)Nc3cc4c(Nc5ccc(F)c(Cl)c5)ncnc4cc3O[C@H]3CCOC3)CC2)CC(C)N1c1ccc2c(c1)C(=O)N(C1CCC(=O)NC1=O)C2=O. The molecule has 4 atom stereocenters. The standard InChI is InChI=1S/C47H51ClFN9O7/c1-27-22-56(23-28(2)57(27)31-6-7-33-34(19-31)47(63)58(46(33)62)40-9-10-43(60)54-45(40)61)24-29-11-15-55(16-12-29)14-3-4-42(59)53-39-20-35-38(21-41(39)65-32-13-17-64-25-32)50-26-51-44(35)52-30-5-8-37(49)36(48)18-30/h3-8,18-21,26-29,32,40H,9-17,22-25H2,1-2H3,(H,53,59)(H,50,51,52)(H,54,60,61)/b4-3+/t27?,28?,32-,40?/m0/s1. The zero-order chi connectivity index (χ0) is 45.4. The lowest BCUT2D eigenvalue weighted by Gasteiger charge is -2.47. The maximum absolute atomic E-state index is 13.8. The number of anilines is 4. The molecule has 0 aliphatic carbocycles. The number of hydrogen-bond donors (Lipinski definition) is 3. The number of nitrogens with one attached hydrogen (secondary N) is 3. The minimum absolute atomic E-state index is 0.0251. The van der Waals surface area contributed by atoms with Crippen LogP contribution in [0.15, 0.2) is 67.0 Å². The molecule has 4 saturated heterocycles. The van der Waals surface area contributed by atoms with E-state index >= 15 is 0 Å². The van der Waals surface area contributed by atoms with E-state index in [9.17, 15) is 28.4 Å². The Morgan fingerprint density at radius 3 is 2.48 bits per heavy atom. The molecule has 0 radical (unpaired) electrons. The third kappa shape index (κ3) is 9.55. The zero-order valence-corrected chi connectivity index (χ0v) is 37.0. The number of amides is 5. The van der Waals surface area contributed by atoms with Gasteiger partial charge in [-0.2, -0.15) is 0 Å². The molecular formula is C47H51ClFN9O7. The molecule has 9 rings (SSSR count). The number of imide groups is 2. The second kappa shape index (κ2) is 18.8. The quantitative estimate of drug-likeness (QED) is 0.119. The van der Waals surface area contributed by atoms with Crippen molar-refractivity contribution in [3.8, 4) is 5.75 Å². The minimum atomic E-state index is -0.998. The van der Waals surface area contributed by atoms with Crippen LogP contribution >= 0.6 is 11.6 Å². The Morgan fingerprint density at radius 1 is 0.954 bits per heavy atom. The van der Waals surface area contributed by atoms with E-state index in [0.29, 0.717) is 59.5 Å². The first kappa shape index (κ1) is 44.2. The number of fused-ring (bicyclic) bond motifs is 2. The molecule has 1 aromatic heterocycles. The van der Waals surface area contributed by atoms with Crippen LogP contribution in [0.3, 0.4) is 0 Å². The topological polar surface area (TPSA) is 179 Å². The van der Waals surface area contributed by atoms with Crippen molar-refractivity contribution in [2.45, 2.75) is 70.2 Å². The summed E-state index contributed by atoms with van der Waals surface area (Å²) in [5.41, 5.74) is 3.01. The van der Waals surface area contributed by atoms with Crippen molar-refractivity contribution < 1.29 is 37.8 Å². The first-order valence-corrected chi connectivity index (χ1v) is 22.6. The Kier molecular flexibility index (Phi) is 12.8. The van der Waals surface area contributed by atoms with E-state index in [1.165, 1.54) is 18.5 Å². The molecule has 6 heterocycles. The van der Waals surface area contributed by atoms with E-state index in [1.807, 2.05) is 12.1 Å². The average molecular weight is 908 g/mol. The van der Waals surface area contributed by atoms with Crippen molar-refractivity contribution in [1.82, 2.24) is 30.0 Å². The van der Waals surface area contributed by atoms with Gasteiger partial charge >= 0.3 is 0 Å². The van der Waals surface area contributed by atoms with Crippen LogP contribution in [0.25, 0.3) is 10.9 Å². The first-order chi connectivity index (χ1) is 31.4. The Bertz CT molecular complexity index is 2550. The van der Waals surface area contributed by atoms with Crippen LogP contribution in [0, 0.1) is 11.7 Å². The second-order valence-corrected chi connectivity index (χ2v) is 18.0. The number of nitrogens with zero attached hydrogens (tertiary/aromatic N) is 6. The monoisotopic (exact) mass is 907 g/mol. The molecule has 4 fully saturated rings. The van der Waals surface area contributed by atoms with E-state index in [-0.39, 0.29) is 53.1 Å². The van der Waals surface area contributed by atoms with Gasteiger partial charge in [0.25, 0.3) is 11.8 Å². The summed E-state index contributed by atoms with van der Waals surface area (Å²) in [6, 6.07) is 12.5. The van der Waals surface area contributed by atoms with Gasteiger partial charge in [-0.05, 0) is 94.6 Å². The number of hydrogen-bond acceptors (Lipinski definition) is 13. The van der Waals surface area contributed by atoms with Gasteiger partial charge in [0.2, 0.25) is 17.7 Å². The Hall–Kier alpha value is -6.01. The summed E-state index contributed by atoms with van der Waals surface area (Å²) in [6.45, 7) is 10.5. The second-order valence-electron chi connectivity index (χ2n) is 17.6. The summed E-state index contributed by atoms with van der Waals surface area (Å²) in [6.07, 6.45) is 7.68. The third-order valence-electron chi connectivity index (χ3n) is 12.9. The van der Waals surface area contributed by atoms with Crippen LogP contribution in [-0.4, -0.2) is 131 Å². The van der Waals surface area contributed by atoms with Gasteiger partial charge in [-0.15, -0.1) is 0 Å². The Labute approximate surface area is 380 Å². The van der Waals surface area contributed by atoms with Crippen molar-refractivity contribution in [2.75, 3.05) is 68.0 Å². The lowest BCUT2D eigenvalue weighted by atomic mass is 9.94. The molecule has 16 nitrogen and oxygen atoms in total. The van der Waals surface area contributed by atoms with E-state index < -0.39 is 35.5 Å². The number of carbonyl (C=O) groups excluding carboxylic acids is 5. The predicted molar refractivity (Wildman–Crippen MR) is 242 cm³/mol. The van der Waals surface area contributed by atoms with Gasteiger partial charge in [0.15, 0.2) is 0 Å². The van der Waals surface area contributed by atoms with Gasteiger partial charge in [-0.1, -0.05) is 17.7 Å². The number of carbonyl (C=O) groups is 5. The Balaban J connectivity index is 0.774. The first-order valence-electron chi connectivity index (χ1n) is 22.2. The normalized spacial score (nSPS) is 23.4. The molecule has 5 aliphatic rings. The highest BCUT2D eigenvalue weighted by atomic mass is 35.5. The van der Waals surface area contributed by atoms with Crippen molar-refractivity contribution in [3.63, 3.8) is 0 Å². The molecule has 65 heavy (non-hydrogen) atoms. The van der Waals surface area contributed by atoms with E-state index in [4.69, 9.17) is 21.1 Å². The summed E-state index contributed by atoms with van der Waals surface area (Å²) in [4.78, 5) is 81.4. The van der Waals surface area contributed by atoms with Gasteiger partial charge in [0.05, 0.1) is 40.6 Å². The number of piperidine rings is 2. The minimum Gasteiger partial charge on any atom is -0.486 e. The smallest absolute Gasteiger partial charge is 0.262 e. The lowest BCUT2D eigenvalue weighted by Crippen LogP contribution is -2.58. The molecule has 0 saturated carbocycles. The average Bonchev–Trinajstić information content (AvgIpc) is 3.88. The summed E-state index contributed by atoms with van der Waals surface area (Å²) in [5, 5.41) is 9.03. The van der Waals surface area contributed by atoms with Crippen molar-refractivity contribution in [3.05, 3.63) is 89.0 Å².